The van der Waals surface area contributed by atoms with Gasteiger partial charge in [-0.05, 0) is 19.8 Å². The van der Waals surface area contributed by atoms with Crippen molar-refractivity contribution in [3.05, 3.63) is 12.2 Å². The van der Waals surface area contributed by atoms with Gasteiger partial charge in [-0.2, -0.15) is 0 Å². The maximum Gasteiger partial charge on any atom is 0.335 e. The van der Waals surface area contributed by atoms with Crippen molar-refractivity contribution in [1.82, 2.24) is 0 Å². The maximum atomic E-state index is 11.2. The Bertz CT molecular complexity index is 216. The van der Waals surface area contributed by atoms with E-state index in [2.05, 4.69) is 11.3 Å². The van der Waals surface area contributed by atoms with Crippen LogP contribution in [0.2, 0.25) is 0 Å². The SMILES string of the molecule is C=C(CC1CCCO1)C(=O)OC(C)O. The molecule has 0 radical (unpaired) electrons. The van der Waals surface area contributed by atoms with E-state index in [9.17, 15) is 4.79 Å². The highest BCUT2D eigenvalue weighted by atomic mass is 16.6. The molecule has 1 saturated heterocycles. The Labute approximate surface area is 83.5 Å². The first kappa shape index (κ1) is 11.2. The monoisotopic (exact) mass is 200 g/mol. The van der Waals surface area contributed by atoms with Gasteiger partial charge in [0, 0.05) is 18.6 Å². The van der Waals surface area contributed by atoms with Gasteiger partial charge in [-0.15, -0.1) is 0 Å². The second-order valence-electron chi connectivity index (χ2n) is 3.45. The number of rotatable bonds is 4. The van der Waals surface area contributed by atoms with Crippen molar-refractivity contribution < 1.29 is 19.4 Å². The van der Waals surface area contributed by atoms with E-state index in [0.29, 0.717) is 12.0 Å². The summed E-state index contributed by atoms with van der Waals surface area (Å²) in [6.45, 7) is 5.75. The van der Waals surface area contributed by atoms with Crippen LogP contribution in [0.3, 0.4) is 0 Å². The smallest absolute Gasteiger partial charge is 0.335 e. The van der Waals surface area contributed by atoms with Gasteiger partial charge in [0.25, 0.3) is 0 Å². The summed E-state index contributed by atoms with van der Waals surface area (Å²) < 4.78 is 9.93. The fourth-order valence-corrected chi connectivity index (χ4v) is 1.40. The fourth-order valence-electron chi connectivity index (χ4n) is 1.40. The van der Waals surface area contributed by atoms with Crippen molar-refractivity contribution in [3.8, 4) is 0 Å². The number of hydrogen-bond donors (Lipinski definition) is 1. The van der Waals surface area contributed by atoms with Crippen LogP contribution in [0.5, 0.6) is 0 Å². The van der Waals surface area contributed by atoms with E-state index in [-0.39, 0.29) is 6.10 Å². The first-order valence-corrected chi connectivity index (χ1v) is 4.78. The van der Waals surface area contributed by atoms with Gasteiger partial charge in [0.05, 0.1) is 6.10 Å². The molecule has 1 aliphatic rings. The Morgan fingerprint density at radius 2 is 2.50 bits per heavy atom. The molecule has 1 N–H and O–H groups in total. The van der Waals surface area contributed by atoms with Gasteiger partial charge < -0.3 is 14.6 Å². The lowest BCUT2D eigenvalue weighted by Crippen LogP contribution is -2.18. The van der Waals surface area contributed by atoms with E-state index >= 15 is 0 Å². The molecule has 1 aliphatic heterocycles. The van der Waals surface area contributed by atoms with Crippen molar-refractivity contribution in [2.45, 2.75) is 38.6 Å². The van der Waals surface area contributed by atoms with Crippen LogP contribution in [0.25, 0.3) is 0 Å². The zero-order valence-electron chi connectivity index (χ0n) is 8.36. The predicted molar refractivity (Wildman–Crippen MR) is 50.5 cm³/mol. The lowest BCUT2D eigenvalue weighted by Gasteiger charge is -2.12. The fraction of sp³-hybridized carbons (Fsp3) is 0.700. The molecule has 14 heavy (non-hydrogen) atoms. The quantitative estimate of drug-likeness (QED) is 0.418. The molecule has 0 amide bonds. The van der Waals surface area contributed by atoms with Crippen molar-refractivity contribution >= 4 is 5.97 Å². The molecule has 2 atom stereocenters. The van der Waals surface area contributed by atoms with Crippen molar-refractivity contribution in [3.63, 3.8) is 0 Å². The highest BCUT2D eigenvalue weighted by molar-refractivity contribution is 5.87. The molecule has 1 rings (SSSR count). The van der Waals surface area contributed by atoms with Gasteiger partial charge in [0.15, 0.2) is 6.29 Å². The zero-order valence-corrected chi connectivity index (χ0v) is 8.36. The second-order valence-corrected chi connectivity index (χ2v) is 3.45. The molecule has 0 aromatic carbocycles. The van der Waals surface area contributed by atoms with Gasteiger partial charge in [-0.1, -0.05) is 6.58 Å². The van der Waals surface area contributed by atoms with Crippen LogP contribution in [-0.4, -0.2) is 30.1 Å². The van der Waals surface area contributed by atoms with Crippen LogP contribution in [0.4, 0.5) is 0 Å². The van der Waals surface area contributed by atoms with E-state index in [4.69, 9.17) is 9.84 Å². The molecule has 1 fully saturated rings. The summed E-state index contributed by atoms with van der Waals surface area (Å²) in [5.41, 5.74) is 0.359. The van der Waals surface area contributed by atoms with Crippen molar-refractivity contribution in [1.29, 1.82) is 0 Å². The topological polar surface area (TPSA) is 55.8 Å². The minimum atomic E-state index is -1.08. The largest absolute Gasteiger partial charge is 0.433 e. The van der Waals surface area contributed by atoms with Crippen LogP contribution in [0.15, 0.2) is 12.2 Å². The molecule has 4 heteroatoms. The molecule has 80 valence electrons. The molecule has 1 heterocycles. The summed E-state index contributed by atoms with van der Waals surface area (Å²) in [5.74, 6) is -0.546. The Balaban J connectivity index is 2.29. The molecule has 0 aromatic heterocycles. The van der Waals surface area contributed by atoms with Gasteiger partial charge in [-0.25, -0.2) is 4.79 Å². The molecular weight excluding hydrogens is 184 g/mol. The molecule has 0 bridgehead atoms. The average molecular weight is 200 g/mol. The van der Waals surface area contributed by atoms with E-state index in [1.54, 1.807) is 0 Å². The van der Waals surface area contributed by atoms with Crippen molar-refractivity contribution in [2.75, 3.05) is 6.61 Å². The Morgan fingerprint density at radius 1 is 1.79 bits per heavy atom. The zero-order chi connectivity index (χ0) is 10.6. The lowest BCUT2D eigenvalue weighted by molar-refractivity contribution is -0.160. The van der Waals surface area contributed by atoms with Crippen LogP contribution < -0.4 is 0 Å². The number of aliphatic hydroxyl groups is 1. The number of aliphatic hydroxyl groups excluding tert-OH is 1. The Morgan fingerprint density at radius 3 is 3.00 bits per heavy atom. The van der Waals surface area contributed by atoms with Gasteiger partial charge in [0.2, 0.25) is 0 Å². The summed E-state index contributed by atoms with van der Waals surface area (Å²) in [6, 6.07) is 0. The predicted octanol–water partition coefficient (Wildman–Crippen LogP) is 0.993. The first-order chi connectivity index (χ1) is 6.59. The minimum absolute atomic E-state index is 0.0871. The first-order valence-electron chi connectivity index (χ1n) is 4.78. The van der Waals surface area contributed by atoms with E-state index in [1.807, 2.05) is 0 Å². The Kier molecular flexibility index (Phi) is 4.10. The Hall–Kier alpha value is -0.870. The van der Waals surface area contributed by atoms with Crippen LogP contribution in [0.1, 0.15) is 26.2 Å². The summed E-state index contributed by atoms with van der Waals surface area (Å²) in [7, 11) is 0. The lowest BCUT2D eigenvalue weighted by atomic mass is 10.1. The molecule has 0 saturated carbocycles. The van der Waals surface area contributed by atoms with E-state index < -0.39 is 12.3 Å². The van der Waals surface area contributed by atoms with E-state index in [0.717, 1.165) is 19.4 Å². The maximum absolute atomic E-state index is 11.2. The van der Waals surface area contributed by atoms with Crippen molar-refractivity contribution in [2.24, 2.45) is 0 Å². The molecule has 0 spiro atoms. The van der Waals surface area contributed by atoms with Gasteiger partial charge >= 0.3 is 5.97 Å². The third-order valence-corrected chi connectivity index (χ3v) is 2.06. The molecule has 0 aliphatic carbocycles. The molecule has 0 aromatic rings. The third-order valence-electron chi connectivity index (χ3n) is 2.06. The molecule has 4 nitrogen and oxygen atoms in total. The van der Waals surface area contributed by atoms with Crippen LogP contribution in [0, 0.1) is 0 Å². The summed E-state index contributed by atoms with van der Waals surface area (Å²) in [6.07, 6.45) is 1.49. The normalized spacial score (nSPS) is 23.1. The number of ether oxygens (including phenoxy) is 2. The number of hydrogen-bond acceptors (Lipinski definition) is 4. The van der Waals surface area contributed by atoms with Gasteiger partial charge in [-0.3, -0.25) is 0 Å². The average Bonchev–Trinajstić information content (AvgIpc) is 2.55. The second kappa shape index (κ2) is 5.12. The summed E-state index contributed by atoms with van der Waals surface area (Å²) >= 11 is 0. The standard InChI is InChI=1S/C10H16O4/c1-7(10(12)14-8(2)11)6-9-4-3-5-13-9/h8-9,11H,1,3-6H2,2H3. The third kappa shape index (κ3) is 3.47. The van der Waals surface area contributed by atoms with Crippen LogP contribution in [-0.2, 0) is 14.3 Å². The highest BCUT2D eigenvalue weighted by Gasteiger charge is 2.20. The summed E-state index contributed by atoms with van der Waals surface area (Å²) in [4.78, 5) is 11.2. The molecular formula is C10H16O4. The number of carbonyl (C=O) groups is 1. The number of carbonyl (C=O) groups excluding carboxylic acids is 1. The summed E-state index contributed by atoms with van der Waals surface area (Å²) in [5, 5.41) is 8.82. The van der Waals surface area contributed by atoms with E-state index in [1.165, 1.54) is 6.92 Å². The van der Waals surface area contributed by atoms with Gasteiger partial charge in [0.1, 0.15) is 0 Å². The number of esters is 1. The minimum Gasteiger partial charge on any atom is -0.433 e. The highest BCUT2D eigenvalue weighted by Crippen LogP contribution is 2.19. The molecule has 2 unspecified atom stereocenters. The van der Waals surface area contributed by atoms with Crippen LogP contribution >= 0.6 is 0 Å².